The first-order chi connectivity index (χ1) is 27.0. The number of hydrogen-bond donors (Lipinski definition) is 8. The maximum absolute atomic E-state index is 12.7. The molecular weight excluding hydrogens is 849 g/mol. The first kappa shape index (κ1) is 41.2. The summed E-state index contributed by atoms with van der Waals surface area (Å²) in [4.78, 5) is 9.79. The van der Waals surface area contributed by atoms with Crippen molar-refractivity contribution in [1.29, 1.82) is 0 Å². The van der Waals surface area contributed by atoms with Crippen molar-refractivity contribution in [3.8, 4) is 11.5 Å². The molecule has 0 fully saturated rings. The van der Waals surface area contributed by atoms with E-state index in [0.29, 0.717) is 0 Å². The van der Waals surface area contributed by atoms with E-state index in [1.807, 2.05) is 0 Å². The summed E-state index contributed by atoms with van der Waals surface area (Å²) >= 11 is 0. The summed E-state index contributed by atoms with van der Waals surface area (Å²) in [6, 6.07) is 17.3. The van der Waals surface area contributed by atoms with Crippen LogP contribution in [0.3, 0.4) is 0 Å². The van der Waals surface area contributed by atoms with E-state index in [1.54, 1.807) is 0 Å². The van der Waals surface area contributed by atoms with Gasteiger partial charge in [-0.1, -0.05) is 0 Å². The number of rotatable bonds is 10. The highest BCUT2D eigenvalue weighted by molar-refractivity contribution is 7.86. The zero-order chi connectivity index (χ0) is 42.4. The molecule has 6 rings (SSSR count). The van der Waals surface area contributed by atoms with E-state index in [2.05, 4.69) is 31.1 Å². The van der Waals surface area contributed by atoms with Gasteiger partial charge in [0.1, 0.15) is 11.5 Å². The van der Waals surface area contributed by atoms with Crippen LogP contribution in [0.2, 0.25) is 0 Å². The smallest absolute Gasteiger partial charge is 0.323 e. The number of urea groups is 1. The molecular formula is C33H24N6O15S4. The van der Waals surface area contributed by atoms with Crippen LogP contribution in [-0.2, 0) is 40.5 Å². The molecule has 0 aliphatic heterocycles. The number of fused-ring (bicyclic) bond motifs is 2. The molecule has 8 N–H and O–H groups in total. The standard InChI is InChI=1S/C33H24N6O15S4/c40-29-15-25(57(49,50)51)11-17-9-23(55(43,44)45)13-27(31(17)29)38-36-21-5-1-19(2-6-21)34-33(42)35-20-3-7-22(8-4-20)37-39-28-14-24(56(46,47)48)10-18-12-26(58(52,53)54)16-30(41)32(18)28/h1-16,40-41H,(H2,34,35,42)(H,43,44,45)(H,46,47,48)(H,49,50,51)(H,52,53,54). The van der Waals surface area contributed by atoms with E-state index in [4.69, 9.17) is 0 Å². The number of carbonyl (C=O) groups is 1. The fourth-order valence-corrected chi connectivity index (χ4v) is 7.47. The number of nitrogens with one attached hydrogen (secondary N) is 2. The summed E-state index contributed by atoms with van der Waals surface area (Å²) in [7, 11) is -19.3. The van der Waals surface area contributed by atoms with Gasteiger partial charge in [0.25, 0.3) is 40.5 Å². The van der Waals surface area contributed by atoms with Gasteiger partial charge in [-0.25, -0.2) is 4.79 Å². The number of amides is 2. The minimum atomic E-state index is -4.84. The summed E-state index contributed by atoms with van der Waals surface area (Å²) in [6.07, 6.45) is 0. The Morgan fingerprint density at radius 1 is 0.431 bits per heavy atom. The van der Waals surface area contributed by atoms with Crippen molar-refractivity contribution in [2.24, 2.45) is 20.5 Å². The van der Waals surface area contributed by atoms with E-state index in [0.717, 1.165) is 48.5 Å². The normalized spacial score (nSPS) is 12.8. The Labute approximate surface area is 327 Å². The zero-order valence-electron chi connectivity index (χ0n) is 28.5. The monoisotopic (exact) mass is 872 g/mol. The van der Waals surface area contributed by atoms with Gasteiger partial charge in [0.15, 0.2) is 0 Å². The summed E-state index contributed by atoms with van der Waals surface area (Å²) in [5.74, 6) is -1.38. The molecule has 0 aliphatic carbocycles. The molecule has 58 heavy (non-hydrogen) atoms. The fourth-order valence-electron chi connectivity index (χ4n) is 5.33. The molecule has 0 saturated carbocycles. The van der Waals surface area contributed by atoms with Crippen molar-refractivity contribution in [1.82, 2.24) is 0 Å². The predicted octanol–water partition coefficient (Wildman–Crippen LogP) is 6.87. The summed E-state index contributed by atoms with van der Waals surface area (Å²) in [6.45, 7) is 0. The fraction of sp³-hybridized carbons (Fsp3) is 0. The van der Waals surface area contributed by atoms with Crippen LogP contribution in [0.5, 0.6) is 11.5 Å². The lowest BCUT2D eigenvalue weighted by Crippen LogP contribution is -2.19. The highest BCUT2D eigenvalue weighted by Gasteiger charge is 2.21. The number of anilines is 2. The lowest BCUT2D eigenvalue weighted by atomic mass is 10.1. The predicted molar refractivity (Wildman–Crippen MR) is 204 cm³/mol. The number of benzene rings is 6. The van der Waals surface area contributed by atoms with E-state index in [1.165, 1.54) is 48.5 Å². The van der Waals surface area contributed by atoms with Gasteiger partial charge in [0.2, 0.25) is 0 Å². The molecule has 0 saturated heterocycles. The minimum absolute atomic E-state index is 0.145. The molecule has 6 aromatic rings. The number of hydrogen-bond acceptors (Lipinski definition) is 15. The second-order valence-corrected chi connectivity index (χ2v) is 17.6. The number of phenolic OH excluding ortho intramolecular Hbond substituents is 2. The number of nitrogens with zero attached hydrogens (tertiary/aromatic N) is 4. The minimum Gasteiger partial charge on any atom is -0.507 e. The topological polar surface area (TPSA) is 349 Å². The Bertz CT molecular complexity index is 2970. The Hall–Kier alpha value is -6.45. The first-order valence-electron chi connectivity index (χ1n) is 15.6. The molecule has 0 unspecified atom stereocenters. The number of phenols is 2. The largest absolute Gasteiger partial charge is 0.507 e. The van der Waals surface area contributed by atoms with Crippen LogP contribution in [-0.4, -0.2) is 68.1 Å². The Kier molecular flexibility index (Phi) is 10.8. The molecule has 0 radical (unpaired) electrons. The number of carbonyl (C=O) groups excluding carboxylic acids is 1. The van der Waals surface area contributed by atoms with Crippen molar-refractivity contribution < 1.29 is 66.9 Å². The Morgan fingerprint density at radius 2 is 0.724 bits per heavy atom. The molecule has 0 atom stereocenters. The van der Waals surface area contributed by atoms with Gasteiger partial charge >= 0.3 is 6.03 Å². The van der Waals surface area contributed by atoms with E-state index < -0.39 is 77.6 Å². The maximum atomic E-state index is 12.7. The highest BCUT2D eigenvalue weighted by atomic mass is 32.2. The Balaban J connectivity index is 1.16. The Morgan fingerprint density at radius 3 is 1.02 bits per heavy atom. The van der Waals surface area contributed by atoms with Crippen LogP contribution in [0.1, 0.15) is 0 Å². The van der Waals surface area contributed by atoms with Crippen LogP contribution in [0.15, 0.2) is 137 Å². The third kappa shape index (κ3) is 9.39. The molecule has 2 amide bonds. The van der Waals surface area contributed by atoms with E-state index in [-0.39, 0.29) is 55.7 Å². The molecule has 25 heteroatoms. The second-order valence-electron chi connectivity index (χ2n) is 11.9. The van der Waals surface area contributed by atoms with E-state index >= 15 is 0 Å². The van der Waals surface area contributed by atoms with Gasteiger partial charge in [-0.3, -0.25) is 18.2 Å². The van der Waals surface area contributed by atoms with Crippen molar-refractivity contribution >= 4 is 102 Å². The molecule has 0 spiro atoms. The molecule has 300 valence electrons. The molecule has 0 bridgehead atoms. The zero-order valence-corrected chi connectivity index (χ0v) is 31.8. The van der Waals surface area contributed by atoms with Crippen molar-refractivity contribution in [3.05, 3.63) is 97.1 Å². The molecule has 0 aliphatic rings. The van der Waals surface area contributed by atoms with Gasteiger partial charge < -0.3 is 20.8 Å². The van der Waals surface area contributed by atoms with Crippen LogP contribution >= 0.6 is 0 Å². The van der Waals surface area contributed by atoms with Crippen LogP contribution < -0.4 is 10.6 Å². The second kappa shape index (κ2) is 15.1. The van der Waals surface area contributed by atoms with Gasteiger partial charge in [-0.15, -0.1) is 10.2 Å². The molecule has 0 aromatic heterocycles. The summed E-state index contributed by atoms with van der Waals surface area (Å²) in [5, 5.41) is 41.3. The molecule has 21 nitrogen and oxygen atoms in total. The van der Waals surface area contributed by atoms with Gasteiger partial charge in [0, 0.05) is 23.5 Å². The quantitative estimate of drug-likeness (QED) is 0.0514. The van der Waals surface area contributed by atoms with Crippen molar-refractivity contribution in [2.45, 2.75) is 19.6 Å². The average Bonchev–Trinajstić information content (AvgIpc) is 3.12. The number of aromatic hydroxyl groups is 2. The van der Waals surface area contributed by atoms with Gasteiger partial charge in [-0.2, -0.15) is 43.9 Å². The number of azo groups is 2. The highest BCUT2D eigenvalue weighted by Crippen LogP contribution is 2.40. The van der Waals surface area contributed by atoms with Crippen molar-refractivity contribution in [2.75, 3.05) is 10.6 Å². The first-order valence-corrected chi connectivity index (χ1v) is 21.3. The maximum Gasteiger partial charge on any atom is 0.323 e. The van der Waals surface area contributed by atoms with Crippen LogP contribution in [0.25, 0.3) is 21.5 Å². The van der Waals surface area contributed by atoms with Crippen LogP contribution in [0, 0.1) is 0 Å². The lowest BCUT2D eigenvalue weighted by Gasteiger charge is -2.09. The lowest BCUT2D eigenvalue weighted by molar-refractivity contribution is 0.262. The van der Waals surface area contributed by atoms with Gasteiger partial charge in [-0.05, 0) is 95.7 Å². The van der Waals surface area contributed by atoms with Crippen molar-refractivity contribution in [3.63, 3.8) is 0 Å². The third-order valence-corrected chi connectivity index (χ3v) is 11.2. The molecule has 0 heterocycles. The third-order valence-electron chi connectivity index (χ3n) is 7.90. The van der Waals surface area contributed by atoms with Gasteiger partial charge in [0.05, 0.1) is 53.1 Å². The van der Waals surface area contributed by atoms with Crippen LogP contribution in [0.4, 0.5) is 38.9 Å². The average molecular weight is 873 g/mol. The summed E-state index contributed by atoms with van der Waals surface area (Å²) < 4.78 is 132. The van der Waals surface area contributed by atoms with E-state index in [9.17, 15) is 66.9 Å². The summed E-state index contributed by atoms with van der Waals surface area (Å²) in [5.41, 5.74) is 0.339. The molecule has 6 aromatic carbocycles. The SMILES string of the molecule is O=C(Nc1ccc(N=Nc2cc(S(=O)(=O)O)cc3cc(S(=O)(=O)O)cc(O)c23)cc1)Nc1ccc(N=Nc2cc(S(=O)(=O)O)cc3cc(S(=O)(=O)O)cc(O)c23)cc1.